The monoisotopic (exact) mass is 442 g/mol. The van der Waals surface area contributed by atoms with E-state index in [0.29, 0.717) is 16.6 Å². The number of amides is 1. The highest BCUT2D eigenvalue weighted by Gasteiger charge is 2.19. The van der Waals surface area contributed by atoms with Gasteiger partial charge in [-0.25, -0.2) is 9.97 Å². The quantitative estimate of drug-likeness (QED) is 0.519. The maximum absolute atomic E-state index is 10.9. The van der Waals surface area contributed by atoms with Crippen molar-refractivity contribution in [2.45, 2.75) is 35.9 Å². The van der Waals surface area contributed by atoms with E-state index in [1.165, 1.54) is 11.8 Å². The molecule has 2 N–H and O–H groups in total. The number of carbonyl (C=O) groups excluding carboxylic acids is 1. The third-order valence-corrected chi connectivity index (χ3v) is 6.58. The summed E-state index contributed by atoms with van der Waals surface area (Å²) in [5.41, 5.74) is 1.50. The Morgan fingerprint density at radius 3 is 2.81 bits per heavy atom. The number of likely N-dealkylation sites (tertiary alicyclic amines) is 1. The number of rotatable bonds is 8. The Morgan fingerprint density at radius 2 is 2.10 bits per heavy atom. The van der Waals surface area contributed by atoms with E-state index in [9.17, 15) is 4.79 Å². The van der Waals surface area contributed by atoms with Crippen molar-refractivity contribution in [3.63, 3.8) is 0 Å². The summed E-state index contributed by atoms with van der Waals surface area (Å²) in [5.74, 6) is 2.03. The third-order valence-electron chi connectivity index (χ3n) is 5.65. The van der Waals surface area contributed by atoms with Gasteiger partial charge in [0.2, 0.25) is 6.41 Å². The van der Waals surface area contributed by atoms with Gasteiger partial charge in [-0.1, -0.05) is 0 Å². The number of hydrogen-bond donors (Lipinski definition) is 2. The van der Waals surface area contributed by atoms with Gasteiger partial charge in [-0.15, -0.1) is 0 Å². The van der Waals surface area contributed by atoms with E-state index in [4.69, 9.17) is 19.9 Å². The molecule has 0 aliphatic carbocycles. The molecule has 3 heterocycles. The topological polar surface area (TPSA) is 109 Å². The molecular formula is C21H26N6O3S. The molecule has 0 bridgehead atoms. The Kier molecular flexibility index (Phi) is 6.45. The Balaban J connectivity index is 1.54. The predicted molar refractivity (Wildman–Crippen MR) is 116 cm³/mol. The van der Waals surface area contributed by atoms with Crippen LogP contribution in [0.2, 0.25) is 0 Å². The molecule has 10 heteroatoms. The first-order valence-corrected chi connectivity index (χ1v) is 11.0. The lowest BCUT2D eigenvalue weighted by molar-refractivity contribution is -0.119. The molecule has 0 saturated carbocycles. The van der Waals surface area contributed by atoms with Crippen LogP contribution in [0.25, 0.3) is 11.2 Å². The van der Waals surface area contributed by atoms with Crippen LogP contribution in [0.1, 0.15) is 19.3 Å². The fraction of sp³-hybridized carbons (Fsp3) is 0.429. The number of nitrogens with zero attached hydrogens (tertiary/aromatic N) is 4. The van der Waals surface area contributed by atoms with Gasteiger partial charge in [-0.2, -0.15) is 0 Å². The summed E-state index contributed by atoms with van der Waals surface area (Å²) < 4.78 is 12.8. The second-order valence-electron chi connectivity index (χ2n) is 7.52. The van der Waals surface area contributed by atoms with E-state index in [2.05, 4.69) is 9.97 Å². The lowest BCUT2D eigenvalue weighted by atomic mass is 9.94. The van der Waals surface area contributed by atoms with E-state index in [1.807, 2.05) is 27.7 Å². The van der Waals surface area contributed by atoms with Gasteiger partial charge in [-0.3, -0.25) is 10.2 Å². The van der Waals surface area contributed by atoms with Gasteiger partial charge in [0.1, 0.15) is 17.0 Å². The number of fused-ring (bicyclic) bond motifs is 1. The number of H-pyrrole nitrogens is 1. The second-order valence-corrected chi connectivity index (χ2v) is 8.55. The summed E-state index contributed by atoms with van der Waals surface area (Å²) in [5, 5.41) is 8.84. The smallest absolute Gasteiger partial charge is 0.209 e. The maximum Gasteiger partial charge on any atom is 0.209 e. The molecule has 0 spiro atoms. The van der Waals surface area contributed by atoms with E-state index in [1.54, 1.807) is 20.5 Å². The highest BCUT2D eigenvalue weighted by atomic mass is 32.2. The zero-order valence-corrected chi connectivity index (χ0v) is 18.4. The molecule has 1 fully saturated rings. The summed E-state index contributed by atoms with van der Waals surface area (Å²) in [6, 6.07) is 5.61. The van der Waals surface area contributed by atoms with E-state index in [-0.39, 0.29) is 5.49 Å². The Morgan fingerprint density at radius 1 is 1.29 bits per heavy atom. The first-order valence-electron chi connectivity index (χ1n) is 10.2. The van der Waals surface area contributed by atoms with E-state index >= 15 is 0 Å². The number of aryl methyl sites for hydroxylation is 1. The SMILES string of the molecule is COc1ccc(OC)c(Sc2nc3c([nH]2)c(=N)ncn3CCC2CCN(C=O)CC2)c1. The first kappa shape index (κ1) is 21.2. The summed E-state index contributed by atoms with van der Waals surface area (Å²) >= 11 is 1.43. The first-order chi connectivity index (χ1) is 15.1. The summed E-state index contributed by atoms with van der Waals surface area (Å²) in [7, 11) is 3.26. The van der Waals surface area contributed by atoms with Crippen molar-refractivity contribution < 1.29 is 14.3 Å². The predicted octanol–water partition coefficient (Wildman–Crippen LogP) is 2.67. The van der Waals surface area contributed by atoms with Crippen LogP contribution in [0.3, 0.4) is 0 Å². The van der Waals surface area contributed by atoms with E-state index < -0.39 is 0 Å². The number of ether oxygens (including phenoxy) is 2. The third kappa shape index (κ3) is 4.68. The lowest BCUT2D eigenvalue weighted by Gasteiger charge is -2.29. The minimum atomic E-state index is 0.169. The van der Waals surface area contributed by atoms with Crippen LogP contribution in [0.15, 0.2) is 34.6 Å². The Hall–Kier alpha value is -3.01. The van der Waals surface area contributed by atoms with Crippen LogP contribution >= 0.6 is 11.8 Å². The molecule has 31 heavy (non-hydrogen) atoms. The van der Waals surface area contributed by atoms with Crippen molar-refractivity contribution >= 4 is 29.3 Å². The van der Waals surface area contributed by atoms with Crippen LogP contribution < -0.4 is 15.0 Å². The van der Waals surface area contributed by atoms with Crippen LogP contribution in [0, 0.1) is 11.3 Å². The molecule has 1 saturated heterocycles. The highest BCUT2D eigenvalue weighted by Crippen LogP contribution is 2.36. The van der Waals surface area contributed by atoms with Crippen molar-refractivity contribution in [2.24, 2.45) is 5.92 Å². The molecule has 3 aromatic rings. The van der Waals surface area contributed by atoms with Crippen molar-refractivity contribution in [1.82, 2.24) is 24.4 Å². The number of aromatic amines is 1. The summed E-state index contributed by atoms with van der Waals surface area (Å²) in [6.07, 6.45) is 5.65. The molecule has 9 nitrogen and oxygen atoms in total. The number of methoxy groups -OCH3 is 2. The normalized spacial score (nSPS) is 14.7. The molecule has 0 atom stereocenters. The van der Waals surface area contributed by atoms with Crippen LogP contribution in [-0.2, 0) is 11.3 Å². The molecule has 4 rings (SSSR count). The fourth-order valence-electron chi connectivity index (χ4n) is 3.81. The Labute approximate surface area is 184 Å². The zero-order valence-electron chi connectivity index (χ0n) is 17.6. The number of aromatic nitrogens is 4. The van der Waals surface area contributed by atoms with Gasteiger partial charge >= 0.3 is 0 Å². The minimum absolute atomic E-state index is 0.169. The molecule has 2 aromatic heterocycles. The van der Waals surface area contributed by atoms with Crippen LogP contribution in [-0.4, -0.2) is 58.1 Å². The van der Waals surface area contributed by atoms with Gasteiger partial charge in [0, 0.05) is 19.6 Å². The fourth-order valence-corrected chi connectivity index (χ4v) is 4.73. The van der Waals surface area contributed by atoms with Gasteiger partial charge < -0.3 is 23.9 Å². The molecule has 1 aromatic carbocycles. The highest BCUT2D eigenvalue weighted by molar-refractivity contribution is 7.99. The zero-order chi connectivity index (χ0) is 21.8. The number of piperidine rings is 1. The van der Waals surface area contributed by atoms with Crippen molar-refractivity contribution in [1.29, 1.82) is 5.41 Å². The average molecular weight is 443 g/mol. The van der Waals surface area contributed by atoms with Crippen molar-refractivity contribution in [3.8, 4) is 11.5 Å². The second kappa shape index (κ2) is 9.42. The molecule has 164 valence electrons. The van der Waals surface area contributed by atoms with Crippen LogP contribution in [0.4, 0.5) is 0 Å². The largest absolute Gasteiger partial charge is 0.497 e. The molecular weight excluding hydrogens is 416 g/mol. The van der Waals surface area contributed by atoms with Gasteiger partial charge in [0.05, 0.1) is 25.4 Å². The van der Waals surface area contributed by atoms with Gasteiger partial charge in [0.15, 0.2) is 16.3 Å². The average Bonchev–Trinajstić information content (AvgIpc) is 3.23. The molecule has 1 aliphatic heterocycles. The lowest BCUT2D eigenvalue weighted by Crippen LogP contribution is -2.32. The number of benzene rings is 1. The number of hydrogen-bond acceptors (Lipinski definition) is 7. The van der Waals surface area contributed by atoms with E-state index in [0.717, 1.165) is 67.3 Å². The number of nitrogens with one attached hydrogen (secondary N) is 2. The van der Waals surface area contributed by atoms with Gasteiger partial charge in [0.25, 0.3) is 0 Å². The molecule has 1 aliphatic rings. The number of carbonyl (C=O) groups is 1. The minimum Gasteiger partial charge on any atom is -0.497 e. The Bertz CT molecular complexity index is 1120. The molecule has 0 radical (unpaired) electrons. The summed E-state index contributed by atoms with van der Waals surface area (Å²) in [6.45, 7) is 2.42. The van der Waals surface area contributed by atoms with Gasteiger partial charge in [-0.05, 0) is 55.1 Å². The maximum atomic E-state index is 10.9. The molecule has 0 unspecified atom stereocenters. The van der Waals surface area contributed by atoms with Crippen molar-refractivity contribution in [3.05, 3.63) is 30.0 Å². The summed E-state index contributed by atoms with van der Waals surface area (Å²) in [4.78, 5) is 25.8. The van der Waals surface area contributed by atoms with Crippen LogP contribution in [0.5, 0.6) is 11.5 Å². The standard InChI is InChI=1S/C21H26N6O3S/c1-29-15-3-4-16(30-2)17(11-15)31-21-24-18-19(22)23-12-27(20(18)25-21)10-7-14-5-8-26(13-28)9-6-14/h3-4,11-14,22H,5-10H2,1-2H3,(H,24,25). The molecule has 1 amide bonds. The number of imidazole rings is 1. The van der Waals surface area contributed by atoms with Crippen molar-refractivity contribution in [2.75, 3.05) is 27.3 Å².